The fraction of sp³-hybridized carbons (Fsp3) is 0.655. The second-order valence-electron chi connectivity index (χ2n) is 10.9. The van der Waals surface area contributed by atoms with Gasteiger partial charge in [-0.1, -0.05) is 64.3 Å². The number of thiazole rings is 1. The van der Waals surface area contributed by atoms with Crippen LogP contribution in [-0.2, 0) is 30.5 Å². The number of allylic oxidation sites excluding steroid dienone is 1. The van der Waals surface area contributed by atoms with Crippen LogP contribution < -0.4 is 10.6 Å². The van der Waals surface area contributed by atoms with E-state index in [1.165, 1.54) is 54.1 Å². The van der Waals surface area contributed by atoms with Crippen LogP contribution in [0.15, 0.2) is 22.5 Å². The third kappa shape index (κ3) is 10.6. The maximum absolute atomic E-state index is 13.3. The molecule has 0 aliphatic carbocycles. The van der Waals surface area contributed by atoms with Crippen molar-refractivity contribution in [3.05, 3.63) is 28.2 Å². The van der Waals surface area contributed by atoms with Gasteiger partial charge in [-0.15, -0.1) is 23.1 Å². The molecular weight excluding hydrogens is 581 g/mol. The highest BCUT2D eigenvalue weighted by atomic mass is 32.2. The van der Waals surface area contributed by atoms with E-state index in [-0.39, 0.29) is 35.8 Å². The number of nitrogens with zero attached hydrogens (tertiary/aromatic N) is 2. The average molecular weight is 623 g/mol. The number of cyclic esters (lactones) is 1. The van der Waals surface area contributed by atoms with Crippen LogP contribution in [0.2, 0.25) is 0 Å². The van der Waals surface area contributed by atoms with Gasteiger partial charge >= 0.3 is 5.97 Å². The number of carbonyl (C=O) groups excluding carboxylic acids is 4. The van der Waals surface area contributed by atoms with E-state index in [0.29, 0.717) is 35.1 Å². The first-order chi connectivity index (χ1) is 19.6. The minimum absolute atomic E-state index is 0.0661. The summed E-state index contributed by atoms with van der Waals surface area (Å²) in [7, 11) is 0. The summed E-state index contributed by atoms with van der Waals surface area (Å²) < 4.78 is 5.77. The van der Waals surface area contributed by atoms with Gasteiger partial charge in [-0.25, -0.2) is 9.78 Å². The Balaban J connectivity index is 1.66. The Bertz CT molecular complexity index is 1140. The fourth-order valence-electron chi connectivity index (χ4n) is 4.26. The Hall–Kier alpha value is -2.18. The molecule has 3 heterocycles. The van der Waals surface area contributed by atoms with Gasteiger partial charge in [-0.05, 0) is 31.8 Å². The van der Waals surface area contributed by atoms with Crippen molar-refractivity contribution in [2.45, 2.75) is 103 Å². The van der Waals surface area contributed by atoms with Crippen molar-refractivity contribution in [3.8, 4) is 0 Å². The molecule has 12 heteroatoms. The van der Waals surface area contributed by atoms with E-state index in [1.54, 1.807) is 13.0 Å². The Labute approximate surface area is 255 Å². The van der Waals surface area contributed by atoms with Gasteiger partial charge in [0.25, 0.3) is 0 Å². The summed E-state index contributed by atoms with van der Waals surface area (Å²) in [6.07, 6.45) is 9.42. The van der Waals surface area contributed by atoms with E-state index in [4.69, 9.17) is 4.74 Å². The largest absolute Gasteiger partial charge is 0.456 e. The Morgan fingerprint density at radius 2 is 2.02 bits per heavy atom. The third-order valence-electron chi connectivity index (χ3n) is 6.78. The summed E-state index contributed by atoms with van der Waals surface area (Å²) in [6, 6.07) is -0.896. The molecule has 2 amide bonds. The first kappa shape index (κ1) is 33.3. The summed E-state index contributed by atoms with van der Waals surface area (Å²) in [5.74, 6) is -0.424. The van der Waals surface area contributed by atoms with Crippen molar-refractivity contribution in [1.29, 1.82) is 0 Å². The number of fused-ring (bicyclic) bond motifs is 4. The Morgan fingerprint density at radius 1 is 1.24 bits per heavy atom. The molecule has 0 aromatic carbocycles. The number of ether oxygens (including phenoxy) is 1. The van der Waals surface area contributed by atoms with Gasteiger partial charge in [0.05, 0.1) is 13.0 Å². The van der Waals surface area contributed by atoms with Crippen LogP contribution in [0.25, 0.3) is 0 Å². The lowest BCUT2D eigenvalue weighted by Gasteiger charge is -2.27. The van der Waals surface area contributed by atoms with Gasteiger partial charge in [0.2, 0.25) is 11.8 Å². The number of esters is 1. The first-order valence-corrected chi connectivity index (χ1v) is 17.2. The van der Waals surface area contributed by atoms with Crippen molar-refractivity contribution >= 4 is 62.8 Å². The normalized spacial score (nSPS) is 23.8. The standard InChI is InChI=1S/C29H42N4O5S3/c1-5-6-7-8-9-13-24(35)39-14-11-10-12-20-15-22(34)30-16-23-31-21(17-40-23)26-33-29(4,18-41-26)28(37)32-25(19(2)3)27(36)38-20/h10,12,17,19-20,25H,5-9,11,13-16,18H2,1-4H3,(H,30,34)(H,32,37)/b12-10+/t20-,25-,29+/m1/s1. The number of carbonyl (C=O) groups is 4. The van der Waals surface area contributed by atoms with E-state index in [0.717, 1.165) is 17.8 Å². The number of hydrogen-bond donors (Lipinski definition) is 2. The number of unbranched alkanes of at least 4 members (excludes halogenated alkanes) is 4. The van der Waals surface area contributed by atoms with Crippen LogP contribution in [0.4, 0.5) is 0 Å². The zero-order chi connectivity index (χ0) is 29.8. The zero-order valence-electron chi connectivity index (χ0n) is 24.4. The molecule has 41 heavy (non-hydrogen) atoms. The topological polar surface area (TPSA) is 127 Å². The summed E-state index contributed by atoms with van der Waals surface area (Å²) in [6.45, 7) is 7.83. The fourth-order valence-corrected chi connectivity index (χ4v) is 6.96. The predicted molar refractivity (Wildman–Crippen MR) is 167 cm³/mol. The summed E-state index contributed by atoms with van der Waals surface area (Å²) in [5.41, 5.74) is -0.354. The number of amides is 2. The van der Waals surface area contributed by atoms with E-state index in [2.05, 4.69) is 27.5 Å². The summed E-state index contributed by atoms with van der Waals surface area (Å²) in [4.78, 5) is 60.7. The number of rotatable bonds is 11. The Morgan fingerprint density at radius 3 is 2.78 bits per heavy atom. The Kier molecular flexibility index (Phi) is 13.4. The van der Waals surface area contributed by atoms with Gasteiger partial charge in [0.1, 0.15) is 33.4 Å². The number of aromatic nitrogens is 1. The molecule has 0 unspecified atom stereocenters. The molecule has 2 aliphatic rings. The smallest absolute Gasteiger partial charge is 0.329 e. The number of aliphatic imine (C=N–C) groups is 1. The number of nitrogens with one attached hydrogen (secondary N) is 2. The molecule has 226 valence electrons. The molecular formula is C29H42N4O5S3. The number of hydrogen-bond acceptors (Lipinski definition) is 10. The average Bonchev–Trinajstić information content (AvgIpc) is 3.56. The molecule has 0 fully saturated rings. The maximum atomic E-state index is 13.3. The van der Waals surface area contributed by atoms with Crippen LogP contribution in [0.1, 0.15) is 89.8 Å². The third-order valence-corrected chi connectivity index (χ3v) is 9.87. The first-order valence-electron chi connectivity index (χ1n) is 14.4. The van der Waals surface area contributed by atoms with Gasteiger partial charge < -0.3 is 15.4 Å². The van der Waals surface area contributed by atoms with E-state index < -0.39 is 23.7 Å². The second-order valence-corrected chi connectivity index (χ2v) is 13.9. The van der Waals surface area contributed by atoms with Crippen molar-refractivity contribution in [1.82, 2.24) is 15.6 Å². The molecule has 0 saturated heterocycles. The lowest BCUT2D eigenvalue weighted by Crippen LogP contribution is -2.53. The predicted octanol–water partition coefficient (Wildman–Crippen LogP) is 5.03. The van der Waals surface area contributed by atoms with Crippen molar-refractivity contribution in [3.63, 3.8) is 0 Å². The number of thioether (sulfide) groups is 2. The van der Waals surface area contributed by atoms with E-state index >= 15 is 0 Å². The molecule has 0 saturated carbocycles. The highest BCUT2D eigenvalue weighted by Gasteiger charge is 2.41. The van der Waals surface area contributed by atoms with E-state index in [1.807, 2.05) is 25.3 Å². The molecule has 2 N–H and O–H groups in total. The van der Waals surface area contributed by atoms with Crippen molar-refractivity contribution in [2.24, 2.45) is 10.9 Å². The lowest BCUT2D eigenvalue weighted by atomic mass is 10.0. The monoisotopic (exact) mass is 622 g/mol. The van der Waals surface area contributed by atoms with Gasteiger partial charge in [0, 0.05) is 23.3 Å². The van der Waals surface area contributed by atoms with Crippen LogP contribution >= 0.6 is 34.9 Å². The molecule has 9 nitrogen and oxygen atoms in total. The molecule has 3 atom stereocenters. The highest BCUT2D eigenvalue weighted by Crippen LogP contribution is 2.32. The zero-order valence-corrected chi connectivity index (χ0v) is 26.9. The molecule has 2 aliphatic heterocycles. The van der Waals surface area contributed by atoms with Crippen molar-refractivity contribution < 1.29 is 23.9 Å². The van der Waals surface area contributed by atoms with Crippen LogP contribution in [0.5, 0.6) is 0 Å². The van der Waals surface area contributed by atoms with Crippen LogP contribution in [0.3, 0.4) is 0 Å². The maximum Gasteiger partial charge on any atom is 0.329 e. The molecule has 4 bridgehead atoms. The highest BCUT2D eigenvalue weighted by molar-refractivity contribution is 8.14. The SMILES string of the molecule is CCCCCCCC(=O)SCC/C=C/[C@@H]1CC(=O)NCc2nc(cs2)C2=N[C@@](C)(CS2)C(=O)N[C@H](C(C)C)C(=O)O1. The van der Waals surface area contributed by atoms with Crippen molar-refractivity contribution in [2.75, 3.05) is 11.5 Å². The molecule has 0 spiro atoms. The van der Waals surface area contributed by atoms with Gasteiger partial charge in [-0.3, -0.25) is 19.4 Å². The van der Waals surface area contributed by atoms with E-state index in [9.17, 15) is 19.2 Å². The van der Waals surface area contributed by atoms with Gasteiger partial charge in [-0.2, -0.15) is 0 Å². The quantitative estimate of drug-likeness (QED) is 0.200. The molecule has 0 radical (unpaired) electrons. The summed E-state index contributed by atoms with van der Waals surface area (Å²) in [5, 5.41) is 9.17. The molecule has 1 aromatic heterocycles. The van der Waals surface area contributed by atoms with Crippen LogP contribution in [0, 0.1) is 5.92 Å². The lowest BCUT2D eigenvalue weighted by molar-refractivity contribution is -0.153. The van der Waals surface area contributed by atoms with Crippen LogP contribution in [-0.4, -0.2) is 62.1 Å². The minimum atomic E-state index is -1.04. The minimum Gasteiger partial charge on any atom is -0.456 e. The van der Waals surface area contributed by atoms with Gasteiger partial charge in [0.15, 0.2) is 5.12 Å². The molecule has 1 aromatic rings. The molecule has 3 rings (SSSR count). The summed E-state index contributed by atoms with van der Waals surface area (Å²) >= 11 is 4.18. The second kappa shape index (κ2) is 16.5.